The largest absolute Gasteiger partial charge is 0.319 e. The highest BCUT2D eigenvalue weighted by Gasteiger charge is 2.32. The first kappa shape index (κ1) is 15.6. The molecule has 0 radical (unpaired) electrons. The van der Waals surface area contributed by atoms with E-state index in [2.05, 4.69) is 43.2 Å². The molecule has 0 amide bonds. The average molecular weight is 277 g/mol. The molecule has 1 aliphatic carbocycles. The topological polar surface area (TPSA) is 29.9 Å². The molecule has 20 heavy (non-hydrogen) atoms. The normalized spacial score (nSPS) is 18.6. The summed E-state index contributed by atoms with van der Waals surface area (Å²) in [5, 5.41) is 8.28. The summed E-state index contributed by atoms with van der Waals surface area (Å²) in [7, 11) is 2.08. The molecule has 0 atom stereocenters. The minimum absolute atomic E-state index is 0.445. The number of aromatic nitrogens is 2. The number of nitrogens with zero attached hydrogens (tertiary/aromatic N) is 2. The maximum absolute atomic E-state index is 4.86. The molecule has 1 aliphatic rings. The van der Waals surface area contributed by atoms with E-state index >= 15 is 0 Å². The van der Waals surface area contributed by atoms with E-state index in [9.17, 15) is 0 Å². The van der Waals surface area contributed by atoms with Crippen LogP contribution in [0.15, 0.2) is 12.3 Å². The summed E-state index contributed by atoms with van der Waals surface area (Å²) in [5.41, 5.74) is 1.73. The van der Waals surface area contributed by atoms with Crippen molar-refractivity contribution in [2.45, 2.75) is 71.3 Å². The molecule has 2 rings (SSSR count). The molecule has 3 heteroatoms. The fourth-order valence-electron chi connectivity index (χ4n) is 3.81. The monoisotopic (exact) mass is 277 g/mol. The van der Waals surface area contributed by atoms with Crippen molar-refractivity contribution in [3.8, 4) is 0 Å². The number of hydrogen-bond donors (Lipinski definition) is 1. The molecule has 0 saturated heterocycles. The molecule has 0 aliphatic heterocycles. The molecule has 1 aromatic heterocycles. The van der Waals surface area contributed by atoms with E-state index in [1.165, 1.54) is 50.6 Å². The molecule has 114 valence electrons. The van der Waals surface area contributed by atoms with Gasteiger partial charge < -0.3 is 5.32 Å². The van der Waals surface area contributed by atoms with Gasteiger partial charge in [-0.25, -0.2) is 0 Å². The van der Waals surface area contributed by atoms with Crippen LogP contribution in [0.5, 0.6) is 0 Å². The lowest BCUT2D eigenvalue weighted by Crippen LogP contribution is -2.36. The van der Waals surface area contributed by atoms with E-state index in [0.717, 1.165) is 13.0 Å². The molecule has 0 bridgehead atoms. The molecule has 1 heterocycles. The van der Waals surface area contributed by atoms with Gasteiger partial charge in [0.05, 0.1) is 11.7 Å². The molecule has 0 unspecified atom stereocenters. The maximum Gasteiger partial charge on any atom is 0.0630 e. The zero-order valence-electron chi connectivity index (χ0n) is 13.5. The van der Waals surface area contributed by atoms with Crippen molar-refractivity contribution in [1.29, 1.82) is 0 Å². The maximum atomic E-state index is 4.86. The standard InChI is InChI=1S/C17H31N3/c1-4-16(5-2)20-12-9-15(19-20)13-17(14-18-3)10-7-6-8-11-17/h9,12,16,18H,4-8,10-11,13-14H2,1-3H3. The summed E-state index contributed by atoms with van der Waals surface area (Å²) >= 11 is 0. The Morgan fingerprint density at radius 1 is 1.25 bits per heavy atom. The number of nitrogens with one attached hydrogen (secondary N) is 1. The summed E-state index contributed by atoms with van der Waals surface area (Å²) in [6, 6.07) is 2.81. The lowest BCUT2D eigenvalue weighted by Gasteiger charge is -2.37. The minimum Gasteiger partial charge on any atom is -0.319 e. The van der Waals surface area contributed by atoms with Crippen molar-refractivity contribution in [1.82, 2.24) is 15.1 Å². The second-order valence-electron chi connectivity index (χ2n) is 6.53. The van der Waals surface area contributed by atoms with E-state index in [-0.39, 0.29) is 0 Å². The number of rotatable bonds is 7. The molecular weight excluding hydrogens is 246 g/mol. The van der Waals surface area contributed by atoms with Crippen molar-refractivity contribution in [3.63, 3.8) is 0 Å². The highest BCUT2D eigenvalue weighted by Crippen LogP contribution is 2.38. The van der Waals surface area contributed by atoms with Gasteiger partial charge in [-0.3, -0.25) is 4.68 Å². The van der Waals surface area contributed by atoms with Crippen LogP contribution in [0, 0.1) is 5.41 Å². The third-order valence-electron chi connectivity index (χ3n) is 5.00. The van der Waals surface area contributed by atoms with E-state index in [1.54, 1.807) is 0 Å². The van der Waals surface area contributed by atoms with Crippen LogP contribution in [0.4, 0.5) is 0 Å². The molecule has 0 spiro atoms. The van der Waals surface area contributed by atoms with E-state index in [0.29, 0.717) is 11.5 Å². The molecular formula is C17H31N3. The Labute approximate surface area is 124 Å². The van der Waals surface area contributed by atoms with E-state index < -0.39 is 0 Å². The Morgan fingerprint density at radius 3 is 2.55 bits per heavy atom. The summed E-state index contributed by atoms with van der Waals surface area (Å²) in [6.07, 6.45) is 12.5. The second kappa shape index (κ2) is 7.26. The smallest absolute Gasteiger partial charge is 0.0630 e. The van der Waals surface area contributed by atoms with Gasteiger partial charge in [-0.1, -0.05) is 33.1 Å². The SMILES string of the molecule is CCC(CC)n1ccc(CC2(CNC)CCCCC2)n1. The molecule has 1 saturated carbocycles. The Bertz CT molecular complexity index is 381. The first-order chi connectivity index (χ1) is 9.73. The molecule has 1 N–H and O–H groups in total. The van der Waals surface area contributed by atoms with Crippen LogP contribution in [0.25, 0.3) is 0 Å². The van der Waals surface area contributed by atoms with Crippen LogP contribution in [0.1, 0.15) is 70.5 Å². The highest BCUT2D eigenvalue weighted by atomic mass is 15.3. The lowest BCUT2D eigenvalue weighted by molar-refractivity contribution is 0.182. The van der Waals surface area contributed by atoms with E-state index in [4.69, 9.17) is 5.10 Å². The first-order valence-corrected chi connectivity index (χ1v) is 8.41. The van der Waals surface area contributed by atoms with Gasteiger partial charge in [0.2, 0.25) is 0 Å². The van der Waals surface area contributed by atoms with Crippen LogP contribution >= 0.6 is 0 Å². The van der Waals surface area contributed by atoms with Gasteiger partial charge in [0.15, 0.2) is 0 Å². The van der Waals surface area contributed by atoms with Crippen molar-refractivity contribution >= 4 is 0 Å². The average Bonchev–Trinajstić information content (AvgIpc) is 2.89. The molecule has 0 aromatic carbocycles. The Morgan fingerprint density at radius 2 is 1.95 bits per heavy atom. The van der Waals surface area contributed by atoms with Crippen LogP contribution in [-0.4, -0.2) is 23.4 Å². The number of hydrogen-bond acceptors (Lipinski definition) is 2. The third-order valence-corrected chi connectivity index (χ3v) is 5.00. The van der Waals surface area contributed by atoms with Gasteiger partial charge in [-0.15, -0.1) is 0 Å². The van der Waals surface area contributed by atoms with Gasteiger partial charge in [-0.2, -0.15) is 5.10 Å². The quantitative estimate of drug-likeness (QED) is 0.817. The summed E-state index contributed by atoms with van der Waals surface area (Å²) in [6.45, 7) is 5.63. The van der Waals surface area contributed by atoms with Crippen LogP contribution in [0.2, 0.25) is 0 Å². The van der Waals surface area contributed by atoms with Crippen molar-refractivity contribution in [2.24, 2.45) is 5.41 Å². The Balaban J connectivity index is 2.07. The highest BCUT2D eigenvalue weighted by molar-refractivity contribution is 5.05. The zero-order valence-corrected chi connectivity index (χ0v) is 13.5. The van der Waals surface area contributed by atoms with Crippen LogP contribution in [0.3, 0.4) is 0 Å². The van der Waals surface area contributed by atoms with Crippen LogP contribution in [-0.2, 0) is 6.42 Å². The van der Waals surface area contributed by atoms with Gasteiger partial charge in [0.1, 0.15) is 0 Å². The van der Waals surface area contributed by atoms with Gasteiger partial charge >= 0.3 is 0 Å². The first-order valence-electron chi connectivity index (χ1n) is 8.41. The third kappa shape index (κ3) is 3.63. The summed E-state index contributed by atoms with van der Waals surface area (Å²) in [4.78, 5) is 0. The zero-order chi connectivity index (χ0) is 14.4. The predicted octanol–water partition coefficient (Wildman–Crippen LogP) is 3.96. The van der Waals surface area contributed by atoms with Gasteiger partial charge in [0.25, 0.3) is 0 Å². The van der Waals surface area contributed by atoms with Crippen molar-refractivity contribution < 1.29 is 0 Å². The van der Waals surface area contributed by atoms with Crippen LogP contribution < -0.4 is 5.32 Å². The molecule has 3 nitrogen and oxygen atoms in total. The lowest BCUT2D eigenvalue weighted by atomic mass is 9.71. The Kier molecular flexibility index (Phi) is 5.64. The predicted molar refractivity (Wildman–Crippen MR) is 85.0 cm³/mol. The van der Waals surface area contributed by atoms with E-state index in [1.807, 2.05) is 0 Å². The van der Waals surface area contributed by atoms with Gasteiger partial charge in [0, 0.05) is 12.7 Å². The summed E-state index contributed by atoms with van der Waals surface area (Å²) in [5.74, 6) is 0. The molecule has 1 aromatic rings. The van der Waals surface area contributed by atoms with Gasteiger partial charge in [-0.05, 0) is 50.6 Å². The fraction of sp³-hybridized carbons (Fsp3) is 0.824. The molecule has 1 fully saturated rings. The van der Waals surface area contributed by atoms with Crippen molar-refractivity contribution in [2.75, 3.05) is 13.6 Å². The summed E-state index contributed by atoms with van der Waals surface area (Å²) < 4.78 is 2.19. The van der Waals surface area contributed by atoms with Crippen molar-refractivity contribution in [3.05, 3.63) is 18.0 Å². The second-order valence-corrected chi connectivity index (χ2v) is 6.53. The Hall–Kier alpha value is -0.830. The minimum atomic E-state index is 0.445. The fourth-order valence-corrected chi connectivity index (χ4v) is 3.81.